The fourth-order valence-corrected chi connectivity index (χ4v) is 4.96. The van der Waals surface area contributed by atoms with Crippen molar-refractivity contribution in [2.45, 2.75) is 12.8 Å². The van der Waals surface area contributed by atoms with E-state index in [2.05, 4.69) is 25.2 Å². The summed E-state index contributed by atoms with van der Waals surface area (Å²) in [4.78, 5) is 28.3. The number of fused-ring (bicyclic) bond motifs is 1. The van der Waals surface area contributed by atoms with E-state index in [9.17, 15) is 4.79 Å². The molecule has 1 aliphatic rings. The van der Waals surface area contributed by atoms with Crippen LogP contribution in [0.1, 0.15) is 12.8 Å². The van der Waals surface area contributed by atoms with Gasteiger partial charge in [0.2, 0.25) is 5.91 Å². The van der Waals surface area contributed by atoms with Gasteiger partial charge in [-0.1, -0.05) is 53.3 Å². The summed E-state index contributed by atoms with van der Waals surface area (Å²) in [5.74, 6) is 0.885. The first-order valence-corrected chi connectivity index (χ1v) is 11.3. The van der Waals surface area contributed by atoms with Crippen LogP contribution in [0, 0.1) is 5.92 Å². The molecule has 31 heavy (non-hydrogen) atoms. The Balaban J connectivity index is 1.22. The SMILES string of the molecule is O=C(Nc1nc2ccc(Cl)cc2s1)C1CCN(c2cc(-c3ccccc3)ncn2)CC1. The van der Waals surface area contributed by atoms with Crippen LogP contribution in [0.25, 0.3) is 21.5 Å². The standard InChI is InChI=1S/C23H20ClN5OS/c24-17-6-7-18-20(12-17)31-23(27-18)28-22(30)16-8-10-29(11-9-16)21-13-19(25-14-26-21)15-4-2-1-3-5-15/h1-7,12-14,16H,8-11H2,(H,27,28,30). The lowest BCUT2D eigenvalue weighted by molar-refractivity contribution is -0.120. The van der Waals surface area contributed by atoms with Crippen molar-refractivity contribution < 1.29 is 4.79 Å². The quantitative estimate of drug-likeness (QED) is 0.460. The fraction of sp³-hybridized carbons (Fsp3) is 0.217. The number of rotatable bonds is 4. The first-order chi connectivity index (χ1) is 15.2. The molecule has 2 aromatic carbocycles. The van der Waals surface area contributed by atoms with Gasteiger partial charge in [-0.25, -0.2) is 15.0 Å². The molecule has 1 N–H and O–H groups in total. The summed E-state index contributed by atoms with van der Waals surface area (Å²) in [5.41, 5.74) is 2.82. The maximum Gasteiger partial charge on any atom is 0.229 e. The summed E-state index contributed by atoms with van der Waals surface area (Å²) in [6.45, 7) is 1.55. The van der Waals surface area contributed by atoms with E-state index in [0.29, 0.717) is 10.2 Å². The molecule has 0 bridgehead atoms. The Morgan fingerprint density at radius 3 is 2.68 bits per heavy atom. The highest BCUT2D eigenvalue weighted by molar-refractivity contribution is 7.22. The van der Waals surface area contributed by atoms with Crippen LogP contribution in [-0.4, -0.2) is 33.9 Å². The summed E-state index contributed by atoms with van der Waals surface area (Å²) in [6.07, 6.45) is 3.15. The first-order valence-electron chi connectivity index (χ1n) is 10.1. The van der Waals surface area contributed by atoms with Gasteiger partial charge >= 0.3 is 0 Å². The lowest BCUT2D eigenvalue weighted by Gasteiger charge is -2.32. The number of nitrogens with one attached hydrogen (secondary N) is 1. The summed E-state index contributed by atoms with van der Waals surface area (Å²) >= 11 is 7.49. The molecule has 3 heterocycles. The first kappa shape index (κ1) is 19.9. The molecule has 5 rings (SSSR count). The van der Waals surface area contributed by atoms with E-state index >= 15 is 0 Å². The van der Waals surface area contributed by atoms with E-state index in [1.165, 1.54) is 11.3 Å². The van der Waals surface area contributed by atoms with Gasteiger partial charge in [-0.15, -0.1) is 0 Å². The number of aromatic nitrogens is 3. The van der Waals surface area contributed by atoms with Crippen LogP contribution in [0.15, 0.2) is 60.9 Å². The van der Waals surface area contributed by atoms with Crippen molar-refractivity contribution in [3.8, 4) is 11.3 Å². The molecule has 1 amide bonds. The van der Waals surface area contributed by atoms with Crippen LogP contribution >= 0.6 is 22.9 Å². The largest absolute Gasteiger partial charge is 0.356 e. The molecule has 6 nitrogen and oxygen atoms in total. The second-order valence-electron chi connectivity index (χ2n) is 7.51. The van der Waals surface area contributed by atoms with Crippen LogP contribution in [0.3, 0.4) is 0 Å². The number of thiazole rings is 1. The van der Waals surface area contributed by atoms with Crippen LogP contribution in [0.4, 0.5) is 10.9 Å². The number of benzene rings is 2. The van der Waals surface area contributed by atoms with Crippen molar-refractivity contribution in [3.05, 3.63) is 65.9 Å². The molecule has 0 atom stereocenters. The van der Waals surface area contributed by atoms with E-state index < -0.39 is 0 Å². The zero-order chi connectivity index (χ0) is 21.2. The smallest absolute Gasteiger partial charge is 0.229 e. The molecule has 1 fully saturated rings. The van der Waals surface area contributed by atoms with Crippen molar-refractivity contribution >= 4 is 50.0 Å². The zero-order valence-corrected chi connectivity index (χ0v) is 18.2. The van der Waals surface area contributed by atoms with Crippen LogP contribution in [0.2, 0.25) is 5.02 Å². The lowest BCUT2D eigenvalue weighted by atomic mass is 9.96. The molecular formula is C23H20ClN5OS. The molecule has 4 aromatic rings. The molecule has 156 valence electrons. The molecule has 0 spiro atoms. The second-order valence-corrected chi connectivity index (χ2v) is 8.98. The van der Waals surface area contributed by atoms with Crippen molar-refractivity contribution in [1.82, 2.24) is 15.0 Å². The minimum atomic E-state index is -0.0396. The number of carbonyl (C=O) groups excluding carboxylic acids is 1. The van der Waals surface area contributed by atoms with Gasteiger partial charge < -0.3 is 10.2 Å². The number of nitrogens with zero attached hydrogens (tertiary/aromatic N) is 4. The van der Waals surface area contributed by atoms with Crippen LogP contribution in [0.5, 0.6) is 0 Å². The Morgan fingerprint density at radius 2 is 1.87 bits per heavy atom. The fourth-order valence-electron chi connectivity index (χ4n) is 3.82. The molecule has 0 radical (unpaired) electrons. The Morgan fingerprint density at radius 1 is 1.06 bits per heavy atom. The van der Waals surface area contributed by atoms with Gasteiger partial charge in [-0.2, -0.15) is 0 Å². The molecule has 2 aromatic heterocycles. The normalized spacial score (nSPS) is 14.7. The second kappa shape index (κ2) is 8.61. The van der Waals surface area contributed by atoms with Gasteiger partial charge in [0.15, 0.2) is 5.13 Å². The van der Waals surface area contributed by atoms with Gasteiger partial charge in [0.1, 0.15) is 12.1 Å². The predicted molar refractivity (Wildman–Crippen MR) is 126 cm³/mol. The predicted octanol–water partition coefficient (Wildman–Crippen LogP) is 5.26. The third-order valence-electron chi connectivity index (χ3n) is 5.49. The van der Waals surface area contributed by atoms with Crippen LogP contribution in [-0.2, 0) is 4.79 Å². The molecule has 8 heteroatoms. The summed E-state index contributed by atoms with van der Waals surface area (Å²) in [5, 5.41) is 4.27. The van der Waals surface area contributed by atoms with Crippen molar-refractivity contribution in [2.24, 2.45) is 5.92 Å². The van der Waals surface area contributed by atoms with Gasteiger partial charge in [-0.05, 0) is 31.0 Å². The highest BCUT2D eigenvalue weighted by Gasteiger charge is 2.26. The Hall–Kier alpha value is -3.03. The topological polar surface area (TPSA) is 71.0 Å². The Kier molecular flexibility index (Phi) is 5.53. The molecule has 0 aliphatic carbocycles. The van der Waals surface area contributed by atoms with E-state index in [1.807, 2.05) is 48.5 Å². The van der Waals surface area contributed by atoms with E-state index in [4.69, 9.17) is 11.6 Å². The minimum absolute atomic E-state index is 0.0254. The van der Waals surface area contributed by atoms with E-state index in [1.54, 1.807) is 12.4 Å². The zero-order valence-electron chi connectivity index (χ0n) is 16.7. The molecular weight excluding hydrogens is 430 g/mol. The average molecular weight is 450 g/mol. The Bertz CT molecular complexity index is 1220. The summed E-state index contributed by atoms with van der Waals surface area (Å²) < 4.78 is 0.968. The van der Waals surface area contributed by atoms with Gasteiger partial charge in [0, 0.05) is 35.7 Å². The summed E-state index contributed by atoms with van der Waals surface area (Å²) in [7, 11) is 0. The summed E-state index contributed by atoms with van der Waals surface area (Å²) in [6, 6.07) is 17.6. The highest BCUT2D eigenvalue weighted by Crippen LogP contribution is 2.30. The molecule has 1 aliphatic heterocycles. The third-order valence-corrected chi connectivity index (χ3v) is 6.66. The lowest BCUT2D eigenvalue weighted by Crippen LogP contribution is -2.38. The number of hydrogen-bond donors (Lipinski definition) is 1. The third kappa shape index (κ3) is 4.38. The average Bonchev–Trinajstić information content (AvgIpc) is 3.21. The minimum Gasteiger partial charge on any atom is -0.356 e. The highest BCUT2D eigenvalue weighted by atomic mass is 35.5. The number of carbonyl (C=O) groups is 1. The number of piperidine rings is 1. The number of anilines is 2. The molecule has 1 saturated heterocycles. The van der Waals surface area contributed by atoms with Crippen molar-refractivity contribution in [3.63, 3.8) is 0 Å². The van der Waals surface area contributed by atoms with E-state index in [-0.39, 0.29) is 11.8 Å². The van der Waals surface area contributed by atoms with Crippen LogP contribution < -0.4 is 10.2 Å². The van der Waals surface area contributed by atoms with Crippen molar-refractivity contribution in [1.29, 1.82) is 0 Å². The number of halogens is 1. The Labute approximate surface area is 188 Å². The van der Waals surface area contributed by atoms with Gasteiger partial charge in [0.25, 0.3) is 0 Å². The van der Waals surface area contributed by atoms with Gasteiger partial charge in [-0.3, -0.25) is 4.79 Å². The monoisotopic (exact) mass is 449 g/mol. The molecule has 0 saturated carbocycles. The van der Waals surface area contributed by atoms with Gasteiger partial charge in [0.05, 0.1) is 15.9 Å². The molecule has 0 unspecified atom stereocenters. The maximum absolute atomic E-state index is 12.8. The van der Waals surface area contributed by atoms with E-state index in [0.717, 1.165) is 53.2 Å². The maximum atomic E-state index is 12.8. The number of hydrogen-bond acceptors (Lipinski definition) is 6. The van der Waals surface area contributed by atoms with Crippen molar-refractivity contribution in [2.75, 3.05) is 23.3 Å². The number of amides is 1.